The first-order chi connectivity index (χ1) is 17.5. The van der Waals surface area contributed by atoms with E-state index in [1.165, 1.54) is 16.7 Å². The lowest BCUT2D eigenvalue weighted by Gasteiger charge is -2.25. The smallest absolute Gasteiger partial charge is 0.259 e. The van der Waals surface area contributed by atoms with Crippen molar-refractivity contribution in [3.8, 4) is 0 Å². The molecule has 36 heavy (non-hydrogen) atoms. The van der Waals surface area contributed by atoms with Crippen molar-refractivity contribution in [2.75, 3.05) is 5.75 Å². The molecule has 0 radical (unpaired) electrons. The van der Waals surface area contributed by atoms with Gasteiger partial charge in [-0.3, -0.25) is 24.8 Å². The molecule has 0 spiro atoms. The SMILES string of the molecule is CC1CC(NC(=O)CSC2=Nc3ccccc3C3=NC(CC(=O)NCc4ccccc4)C(=O)N23)NN1. The van der Waals surface area contributed by atoms with Crippen molar-refractivity contribution < 1.29 is 14.4 Å². The molecule has 1 fully saturated rings. The van der Waals surface area contributed by atoms with Gasteiger partial charge in [-0.15, -0.1) is 0 Å². The number of rotatable bonds is 7. The van der Waals surface area contributed by atoms with Crippen LogP contribution in [-0.2, 0) is 20.9 Å². The maximum Gasteiger partial charge on any atom is 0.259 e. The number of aliphatic imine (C=N–C) groups is 2. The Hall–Kier alpha value is -3.54. The summed E-state index contributed by atoms with van der Waals surface area (Å²) in [5, 5.41) is 6.16. The molecule has 5 rings (SSSR count). The average molecular weight is 506 g/mol. The fraction of sp³-hybridized carbons (Fsp3) is 0.320. The third kappa shape index (κ3) is 5.32. The van der Waals surface area contributed by atoms with Crippen LogP contribution in [0.25, 0.3) is 0 Å². The van der Waals surface area contributed by atoms with Gasteiger partial charge >= 0.3 is 0 Å². The highest BCUT2D eigenvalue weighted by Crippen LogP contribution is 2.34. The Morgan fingerprint density at radius 2 is 1.86 bits per heavy atom. The minimum absolute atomic E-state index is 0.0647. The summed E-state index contributed by atoms with van der Waals surface area (Å²) in [6.07, 6.45) is 0.566. The zero-order valence-electron chi connectivity index (χ0n) is 19.7. The van der Waals surface area contributed by atoms with Crippen molar-refractivity contribution in [3.05, 3.63) is 65.7 Å². The minimum Gasteiger partial charge on any atom is -0.352 e. The van der Waals surface area contributed by atoms with Crippen LogP contribution in [0.1, 0.15) is 30.9 Å². The topological polar surface area (TPSA) is 127 Å². The van der Waals surface area contributed by atoms with E-state index < -0.39 is 6.04 Å². The van der Waals surface area contributed by atoms with Crippen molar-refractivity contribution in [1.29, 1.82) is 0 Å². The first-order valence-corrected chi connectivity index (χ1v) is 12.8. The third-order valence-corrected chi connectivity index (χ3v) is 6.96. The van der Waals surface area contributed by atoms with Crippen LogP contribution in [0.2, 0.25) is 0 Å². The number of hydrazine groups is 1. The van der Waals surface area contributed by atoms with Crippen LogP contribution >= 0.6 is 11.8 Å². The molecule has 3 aliphatic rings. The molecule has 3 unspecified atom stereocenters. The Kier molecular flexibility index (Phi) is 7.12. The molecule has 3 atom stereocenters. The molecule has 0 aliphatic carbocycles. The Bertz CT molecular complexity index is 1230. The summed E-state index contributed by atoms with van der Waals surface area (Å²) in [7, 11) is 0. The van der Waals surface area contributed by atoms with Gasteiger partial charge in [-0.25, -0.2) is 15.3 Å². The average Bonchev–Trinajstić information content (AvgIpc) is 3.44. The molecule has 0 saturated carbocycles. The zero-order chi connectivity index (χ0) is 25.1. The van der Waals surface area contributed by atoms with Gasteiger partial charge in [0.05, 0.1) is 24.0 Å². The molecule has 0 bridgehead atoms. The van der Waals surface area contributed by atoms with Gasteiger partial charge in [0.1, 0.15) is 11.9 Å². The van der Waals surface area contributed by atoms with Gasteiger partial charge in [0.25, 0.3) is 5.91 Å². The Morgan fingerprint density at radius 1 is 1.08 bits per heavy atom. The number of benzene rings is 2. The number of nitrogens with one attached hydrogen (secondary N) is 4. The number of para-hydroxylation sites is 1. The lowest BCUT2D eigenvalue weighted by molar-refractivity contribution is -0.128. The summed E-state index contributed by atoms with van der Waals surface area (Å²) in [5.74, 6) is -0.197. The van der Waals surface area contributed by atoms with Gasteiger partial charge in [-0.1, -0.05) is 54.2 Å². The van der Waals surface area contributed by atoms with Crippen LogP contribution in [0.5, 0.6) is 0 Å². The second kappa shape index (κ2) is 10.6. The molecule has 3 aliphatic heterocycles. The summed E-state index contributed by atoms with van der Waals surface area (Å²) in [6, 6.07) is 16.4. The van der Waals surface area contributed by atoms with Crippen molar-refractivity contribution in [1.82, 2.24) is 26.4 Å². The fourth-order valence-electron chi connectivity index (χ4n) is 4.25. The van der Waals surface area contributed by atoms with Gasteiger partial charge in [-0.2, -0.15) is 0 Å². The van der Waals surface area contributed by atoms with Crippen LogP contribution in [-0.4, -0.2) is 57.6 Å². The van der Waals surface area contributed by atoms with E-state index in [1.54, 1.807) is 0 Å². The summed E-state index contributed by atoms with van der Waals surface area (Å²) in [5.41, 5.74) is 8.48. The van der Waals surface area contributed by atoms with Crippen molar-refractivity contribution in [2.45, 2.75) is 44.6 Å². The molecule has 3 amide bonds. The number of amidine groups is 2. The van der Waals surface area contributed by atoms with Crippen LogP contribution in [0.4, 0.5) is 5.69 Å². The standard InChI is InChI=1S/C25H27N7O3S/c1-15-11-20(31-30-15)29-22(34)14-36-25-28-18-10-6-5-9-17(18)23-27-19(24(35)32(23)25)12-21(33)26-13-16-7-3-2-4-8-16/h2-10,15,19-20,30-31H,11-14H2,1H3,(H,26,33)(H,29,34). The highest BCUT2D eigenvalue weighted by molar-refractivity contribution is 8.14. The molecule has 3 heterocycles. The summed E-state index contributed by atoms with van der Waals surface area (Å²) in [4.78, 5) is 49.2. The molecule has 186 valence electrons. The van der Waals surface area contributed by atoms with E-state index in [9.17, 15) is 14.4 Å². The van der Waals surface area contributed by atoms with E-state index in [-0.39, 0.29) is 42.1 Å². The first-order valence-electron chi connectivity index (χ1n) is 11.8. The highest BCUT2D eigenvalue weighted by Gasteiger charge is 2.42. The number of hydrogen-bond acceptors (Lipinski definition) is 8. The summed E-state index contributed by atoms with van der Waals surface area (Å²) in [6.45, 7) is 2.41. The molecule has 1 saturated heterocycles. The largest absolute Gasteiger partial charge is 0.352 e. The molecule has 11 heteroatoms. The van der Waals surface area contributed by atoms with E-state index in [4.69, 9.17) is 0 Å². The number of amides is 3. The predicted octanol–water partition coefficient (Wildman–Crippen LogP) is 1.41. The van der Waals surface area contributed by atoms with E-state index in [0.29, 0.717) is 23.2 Å². The van der Waals surface area contributed by atoms with Gasteiger partial charge in [-0.05, 0) is 31.0 Å². The molecule has 0 aromatic heterocycles. The molecule has 2 aromatic carbocycles. The molecule has 2 aromatic rings. The number of fused-ring (bicyclic) bond motifs is 3. The lowest BCUT2D eigenvalue weighted by atomic mass is 10.1. The third-order valence-electron chi connectivity index (χ3n) is 6.02. The van der Waals surface area contributed by atoms with Gasteiger partial charge in [0.15, 0.2) is 5.17 Å². The predicted molar refractivity (Wildman–Crippen MR) is 138 cm³/mol. The van der Waals surface area contributed by atoms with Crippen molar-refractivity contribution >= 4 is 46.2 Å². The normalized spacial score (nSPS) is 22.4. The minimum atomic E-state index is -0.850. The fourth-order valence-corrected chi connectivity index (χ4v) is 5.06. The Labute approximate surface area is 213 Å². The first kappa shape index (κ1) is 24.2. The monoisotopic (exact) mass is 505 g/mol. The lowest BCUT2D eigenvalue weighted by Crippen LogP contribution is -2.46. The second-order valence-corrected chi connectivity index (χ2v) is 9.80. The number of carbonyl (C=O) groups is 3. The molecular formula is C25H27N7O3S. The number of nitrogens with zero attached hydrogens (tertiary/aromatic N) is 3. The van der Waals surface area contributed by atoms with Gasteiger partial charge in [0.2, 0.25) is 11.8 Å². The number of thioether (sulfide) groups is 1. The number of carbonyl (C=O) groups excluding carboxylic acids is 3. The maximum atomic E-state index is 13.3. The van der Waals surface area contributed by atoms with Crippen LogP contribution < -0.4 is 21.5 Å². The van der Waals surface area contributed by atoms with Crippen LogP contribution in [0.15, 0.2) is 64.6 Å². The highest BCUT2D eigenvalue weighted by atomic mass is 32.2. The van der Waals surface area contributed by atoms with E-state index >= 15 is 0 Å². The van der Waals surface area contributed by atoms with Crippen molar-refractivity contribution in [3.63, 3.8) is 0 Å². The molecular weight excluding hydrogens is 478 g/mol. The van der Waals surface area contributed by atoms with E-state index in [1.807, 2.05) is 61.5 Å². The van der Waals surface area contributed by atoms with E-state index in [2.05, 4.69) is 31.5 Å². The summed E-state index contributed by atoms with van der Waals surface area (Å²) >= 11 is 1.18. The summed E-state index contributed by atoms with van der Waals surface area (Å²) < 4.78 is 0. The van der Waals surface area contributed by atoms with Gasteiger partial charge in [0, 0.05) is 18.2 Å². The zero-order valence-corrected chi connectivity index (χ0v) is 20.5. The molecule has 10 nitrogen and oxygen atoms in total. The second-order valence-electron chi connectivity index (χ2n) is 8.85. The van der Waals surface area contributed by atoms with Crippen LogP contribution in [0, 0.1) is 0 Å². The van der Waals surface area contributed by atoms with Crippen LogP contribution in [0.3, 0.4) is 0 Å². The number of hydrogen-bond donors (Lipinski definition) is 4. The van der Waals surface area contributed by atoms with Gasteiger partial charge < -0.3 is 10.6 Å². The van der Waals surface area contributed by atoms with E-state index in [0.717, 1.165) is 17.5 Å². The quantitative estimate of drug-likeness (QED) is 0.451. The Balaban J connectivity index is 1.26. The maximum absolute atomic E-state index is 13.3. The Morgan fingerprint density at radius 3 is 2.64 bits per heavy atom. The van der Waals surface area contributed by atoms with Crippen molar-refractivity contribution in [2.24, 2.45) is 9.98 Å². The molecule has 4 N–H and O–H groups in total.